The Morgan fingerprint density at radius 2 is 2.31 bits per heavy atom. The lowest BCUT2D eigenvalue weighted by Gasteiger charge is -2.29. The number of aliphatic hydroxyl groups excluding tert-OH is 1. The number of alkyl halides is 1. The van der Waals surface area contributed by atoms with Gasteiger partial charge in [-0.25, -0.2) is 0 Å². The van der Waals surface area contributed by atoms with Crippen molar-refractivity contribution in [2.75, 3.05) is 12.5 Å². The van der Waals surface area contributed by atoms with Crippen LogP contribution < -0.4 is 5.32 Å². The maximum Gasteiger partial charge on any atom is 0.235 e. The Morgan fingerprint density at radius 3 is 2.81 bits per heavy atom. The molecular formula is C11H13BrClNO2. The molecule has 0 aromatic heterocycles. The van der Waals surface area contributed by atoms with Crippen LogP contribution in [0, 0.1) is 0 Å². The predicted molar refractivity (Wildman–Crippen MR) is 67.4 cm³/mol. The van der Waals surface area contributed by atoms with Crippen LogP contribution in [0.25, 0.3) is 0 Å². The minimum absolute atomic E-state index is 0.121. The van der Waals surface area contributed by atoms with Crippen molar-refractivity contribution < 1.29 is 9.90 Å². The first kappa shape index (κ1) is 13.5. The summed E-state index contributed by atoms with van der Waals surface area (Å²) in [5.74, 6) is -0.429. The summed E-state index contributed by atoms with van der Waals surface area (Å²) in [6, 6.07) is 7.42. The number of carbonyl (C=O) groups excluding carboxylic acids is 1. The molecule has 1 atom stereocenters. The second kappa shape index (κ2) is 5.66. The first-order chi connectivity index (χ1) is 7.51. The summed E-state index contributed by atoms with van der Waals surface area (Å²) in [6.07, 6.45) is 0. The Hall–Kier alpha value is -0.580. The first-order valence-corrected chi connectivity index (χ1v) is 6.08. The highest BCUT2D eigenvalue weighted by Gasteiger charge is 2.27. The first-order valence-electron chi connectivity index (χ1n) is 4.76. The maximum atomic E-state index is 11.3. The summed E-state index contributed by atoms with van der Waals surface area (Å²) < 4.78 is 0.893. The zero-order valence-electron chi connectivity index (χ0n) is 8.84. The monoisotopic (exact) mass is 305 g/mol. The van der Waals surface area contributed by atoms with E-state index in [2.05, 4.69) is 21.2 Å². The highest BCUT2D eigenvalue weighted by molar-refractivity contribution is 9.10. The molecule has 0 bridgehead atoms. The number of hydrogen-bond donors (Lipinski definition) is 2. The van der Waals surface area contributed by atoms with Gasteiger partial charge in [-0.05, 0) is 24.6 Å². The summed E-state index contributed by atoms with van der Waals surface area (Å²) in [5.41, 5.74) is 0.0123. The van der Waals surface area contributed by atoms with Crippen molar-refractivity contribution in [3.8, 4) is 0 Å². The number of benzene rings is 1. The molecule has 0 saturated carbocycles. The summed E-state index contributed by atoms with van der Waals surface area (Å²) in [6.45, 7) is 1.56. The molecule has 0 heterocycles. The number of amides is 1. The van der Waals surface area contributed by atoms with Crippen LogP contribution >= 0.6 is 27.5 Å². The summed E-state index contributed by atoms with van der Waals surface area (Å²) >= 11 is 8.78. The lowest BCUT2D eigenvalue weighted by atomic mass is 9.93. The van der Waals surface area contributed by atoms with Gasteiger partial charge in [0.25, 0.3) is 0 Å². The average Bonchev–Trinajstić information content (AvgIpc) is 2.28. The summed E-state index contributed by atoms with van der Waals surface area (Å²) in [7, 11) is 0. The van der Waals surface area contributed by atoms with Crippen LogP contribution in [-0.2, 0) is 10.3 Å². The van der Waals surface area contributed by atoms with E-state index in [0.29, 0.717) is 0 Å². The lowest BCUT2D eigenvalue weighted by molar-refractivity contribution is -0.121. The largest absolute Gasteiger partial charge is 0.394 e. The number of aliphatic hydroxyl groups is 1. The third-order valence-corrected chi connectivity index (χ3v) is 3.05. The molecule has 1 aromatic rings. The molecule has 0 fully saturated rings. The van der Waals surface area contributed by atoms with Crippen LogP contribution in [0.15, 0.2) is 28.7 Å². The van der Waals surface area contributed by atoms with Crippen molar-refractivity contribution in [1.29, 1.82) is 0 Å². The van der Waals surface area contributed by atoms with Crippen LogP contribution in [0.3, 0.4) is 0 Å². The molecule has 3 nitrogen and oxygen atoms in total. The molecule has 1 aromatic carbocycles. The third kappa shape index (κ3) is 3.20. The second-order valence-electron chi connectivity index (χ2n) is 3.68. The predicted octanol–water partition coefficient (Wildman–Crippen LogP) is 2.01. The van der Waals surface area contributed by atoms with E-state index in [0.717, 1.165) is 10.0 Å². The molecule has 16 heavy (non-hydrogen) atoms. The van der Waals surface area contributed by atoms with Gasteiger partial charge in [0.2, 0.25) is 5.91 Å². The van der Waals surface area contributed by atoms with E-state index in [1.54, 1.807) is 6.92 Å². The molecule has 88 valence electrons. The maximum absolute atomic E-state index is 11.3. The fourth-order valence-corrected chi connectivity index (χ4v) is 1.84. The molecule has 0 saturated heterocycles. The second-order valence-corrected chi connectivity index (χ2v) is 4.87. The van der Waals surface area contributed by atoms with Gasteiger partial charge in [0.15, 0.2) is 0 Å². The SMILES string of the molecule is C[C@](CO)(NC(=O)CCl)c1cccc(Br)c1. The molecule has 1 rings (SSSR count). The highest BCUT2D eigenvalue weighted by Crippen LogP contribution is 2.23. The fourth-order valence-electron chi connectivity index (χ4n) is 1.38. The number of rotatable bonds is 4. The highest BCUT2D eigenvalue weighted by atomic mass is 79.9. The van der Waals surface area contributed by atoms with E-state index >= 15 is 0 Å². The quantitative estimate of drug-likeness (QED) is 0.836. The molecule has 0 aliphatic heterocycles. The molecule has 2 N–H and O–H groups in total. The number of halogens is 2. The van der Waals surface area contributed by atoms with Crippen LogP contribution in [0.5, 0.6) is 0 Å². The van der Waals surface area contributed by atoms with Crippen LogP contribution in [-0.4, -0.2) is 23.5 Å². The molecule has 0 aliphatic carbocycles. The van der Waals surface area contributed by atoms with E-state index in [9.17, 15) is 9.90 Å². The molecule has 0 radical (unpaired) electrons. The van der Waals surface area contributed by atoms with Crippen molar-refractivity contribution in [3.05, 3.63) is 34.3 Å². The van der Waals surface area contributed by atoms with E-state index in [-0.39, 0.29) is 18.4 Å². The van der Waals surface area contributed by atoms with Crippen molar-refractivity contribution in [1.82, 2.24) is 5.32 Å². The zero-order valence-corrected chi connectivity index (χ0v) is 11.2. The van der Waals surface area contributed by atoms with Crippen molar-refractivity contribution in [3.63, 3.8) is 0 Å². The lowest BCUT2D eigenvalue weighted by Crippen LogP contribution is -2.46. The standard InChI is InChI=1S/C11H13BrClNO2/c1-11(7-15,14-10(16)6-13)8-3-2-4-9(12)5-8/h2-5,15H,6-7H2,1H3,(H,14,16)/t11-/m1/s1. The zero-order chi connectivity index (χ0) is 12.2. The van der Waals surface area contributed by atoms with E-state index in [1.165, 1.54) is 0 Å². The minimum atomic E-state index is -0.810. The van der Waals surface area contributed by atoms with Gasteiger partial charge < -0.3 is 10.4 Å². The molecule has 0 aliphatic rings. The fraction of sp³-hybridized carbons (Fsp3) is 0.364. The van der Waals surface area contributed by atoms with E-state index in [4.69, 9.17) is 11.6 Å². The van der Waals surface area contributed by atoms with Crippen LogP contribution in [0.1, 0.15) is 12.5 Å². The molecular weight excluding hydrogens is 293 g/mol. The number of hydrogen-bond acceptors (Lipinski definition) is 2. The number of carbonyl (C=O) groups is 1. The topological polar surface area (TPSA) is 49.3 Å². The van der Waals surface area contributed by atoms with Gasteiger partial charge in [0, 0.05) is 4.47 Å². The van der Waals surface area contributed by atoms with Gasteiger partial charge >= 0.3 is 0 Å². The summed E-state index contributed by atoms with van der Waals surface area (Å²) in [5, 5.41) is 12.1. The van der Waals surface area contributed by atoms with Gasteiger partial charge in [0.05, 0.1) is 12.1 Å². The normalized spacial score (nSPS) is 14.2. The van der Waals surface area contributed by atoms with Gasteiger partial charge in [-0.15, -0.1) is 11.6 Å². The Bertz CT molecular complexity index is 386. The Labute approximate surface area is 108 Å². The summed E-state index contributed by atoms with van der Waals surface area (Å²) in [4.78, 5) is 11.3. The molecule has 0 spiro atoms. The van der Waals surface area contributed by atoms with E-state index < -0.39 is 5.54 Å². The molecule has 5 heteroatoms. The van der Waals surface area contributed by atoms with Gasteiger partial charge in [-0.3, -0.25) is 4.79 Å². The third-order valence-electron chi connectivity index (χ3n) is 2.31. The Kier molecular flexibility index (Phi) is 4.77. The van der Waals surface area contributed by atoms with Gasteiger partial charge in [0.1, 0.15) is 5.88 Å². The van der Waals surface area contributed by atoms with Gasteiger partial charge in [-0.2, -0.15) is 0 Å². The average molecular weight is 307 g/mol. The van der Waals surface area contributed by atoms with Crippen LogP contribution in [0.2, 0.25) is 0 Å². The molecule has 1 amide bonds. The Morgan fingerprint density at radius 1 is 1.62 bits per heavy atom. The van der Waals surface area contributed by atoms with Gasteiger partial charge in [-0.1, -0.05) is 28.1 Å². The molecule has 0 unspecified atom stereocenters. The smallest absolute Gasteiger partial charge is 0.235 e. The number of nitrogens with one attached hydrogen (secondary N) is 1. The van der Waals surface area contributed by atoms with Crippen molar-refractivity contribution in [2.24, 2.45) is 0 Å². The van der Waals surface area contributed by atoms with Crippen molar-refractivity contribution in [2.45, 2.75) is 12.5 Å². The van der Waals surface area contributed by atoms with E-state index in [1.807, 2.05) is 24.3 Å². The van der Waals surface area contributed by atoms with Crippen molar-refractivity contribution >= 4 is 33.4 Å². The minimum Gasteiger partial charge on any atom is -0.394 e. The Balaban J connectivity index is 2.99. The van der Waals surface area contributed by atoms with Crippen LogP contribution in [0.4, 0.5) is 0 Å².